The number of unbranched alkanes of at least 4 members (excludes halogenated alkanes) is 1. The van der Waals surface area contributed by atoms with Gasteiger partial charge < -0.3 is 29.4 Å². The molecule has 0 aromatic heterocycles. The summed E-state index contributed by atoms with van der Waals surface area (Å²) in [5, 5.41) is 11.8. The average molecular weight is 515 g/mol. The van der Waals surface area contributed by atoms with Gasteiger partial charge in [-0.25, -0.2) is 19.2 Å². The fourth-order valence-corrected chi connectivity index (χ4v) is 2.10. The first-order chi connectivity index (χ1) is 17.1. The molecule has 1 aliphatic rings. The lowest BCUT2D eigenvalue weighted by molar-refractivity contribution is -0.143. The fourth-order valence-electron chi connectivity index (χ4n) is 2.10. The molecule has 0 radical (unpaired) electrons. The molecule has 2 amide bonds. The van der Waals surface area contributed by atoms with Gasteiger partial charge in [0.05, 0.1) is 31.7 Å². The van der Waals surface area contributed by atoms with Crippen LogP contribution in [0.15, 0.2) is 37.3 Å². The highest BCUT2D eigenvalue weighted by Crippen LogP contribution is 2.11. The van der Waals surface area contributed by atoms with Crippen molar-refractivity contribution in [3.8, 4) is 0 Å². The molecule has 0 saturated carbocycles. The summed E-state index contributed by atoms with van der Waals surface area (Å²) in [6.45, 7) is 14.2. The van der Waals surface area contributed by atoms with Gasteiger partial charge in [-0.1, -0.05) is 33.4 Å². The van der Waals surface area contributed by atoms with Gasteiger partial charge in [-0.3, -0.25) is 9.69 Å². The minimum Gasteiger partial charge on any atom is -0.463 e. The number of nitrogens with zero attached hydrogens (tertiary/aromatic N) is 1. The summed E-state index contributed by atoms with van der Waals surface area (Å²) in [6.07, 6.45) is 4.84. The van der Waals surface area contributed by atoms with Crippen LogP contribution in [-0.2, 0) is 38.1 Å². The standard InChI is InChI=1S/C13H20N2O6.C7H12O2.C4H6O2/c1-3-9(16)8-21-11(17)7-10(12(18)20-4-2)15-6-5-14-13(15)19;1-3-5-6-9-7(8)4-2;1-3-6-4(2)5/h7,9,16H,3-6,8H2,1-2H3,(H,14,19);4H,2-3,5-6H2,1H3;3H,1H2,2H3/b10-7-;;. The van der Waals surface area contributed by atoms with Crippen molar-refractivity contribution in [2.45, 2.75) is 53.1 Å². The van der Waals surface area contributed by atoms with Gasteiger partial charge in [0, 0.05) is 26.1 Å². The molecule has 204 valence electrons. The van der Waals surface area contributed by atoms with Gasteiger partial charge in [-0.15, -0.1) is 0 Å². The van der Waals surface area contributed by atoms with Gasteiger partial charge >= 0.3 is 29.9 Å². The largest absolute Gasteiger partial charge is 0.463 e. The van der Waals surface area contributed by atoms with E-state index in [0.29, 0.717) is 19.6 Å². The van der Waals surface area contributed by atoms with Crippen LogP contribution in [0.1, 0.15) is 47.0 Å². The Hall–Kier alpha value is -3.67. The van der Waals surface area contributed by atoms with Gasteiger partial charge in [0.15, 0.2) is 0 Å². The van der Waals surface area contributed by atoms with Crippen molar-refractivity contribution < 1.29 is 48.0 Å². The molecule has 0 spiro atoms. The van der Waals surface area contributed by atoms with Crippen LogP contribution in [0.3, 0.4) is 0 Å². The SMILES string of the molecule is C=CC(=O)OCCCC.C=COC(C)=O.CCOC(=O)/C(=C/C(=O)OCC(O)CC)N1CCNC1=O. The molecule has 0 aliphatic carbocycles. The Balaban J connectivity index is 0. The molecule has 1 fully saturated rings. The van der Waals surface area contributed by atoms with Crippen LogP contribution in [0, 0.1) is 0 Å². The van der Waals surface area contributed by atoms with Crippen LogP contribution in [-0.4, -0.2) is 78.9 Å². The van der Waals surface area contributed by atoms with Crippen molar-refractivity contribution in [2.24, 2.45) is 0 Å². The number of aliphatic hydroxyl groups excluding tert-OH is 1. The number of nitrogens with one attached hydrogen (secondary N) is 1. The molecule has 12 nitrogen and oxygen atoms in total. The highest BCUT2D eigenvalue weighted by molar-refractivity contribution is 5.99. The molecule has 2 N–H and O–H groups in total. The number of esters is 4. The van der Waals surface area contributed by atoms with E-state index in [4.69, 9.17) is 9.47 Å². The molecule has 0 aromatic carbocycles. The molecule has 1 aliphatic heterocycles. The lowest BCUT2D eigenvalue weighted by atomic mass is 10.3. The predicted octanol–water partition coefficient (Wildman–Crippen LogP) is 1.98. The van der Waals surface area contributed by atoms with Crippen molar-refractivity contribution in [3.63, 3.8) is 0 Å². The zero-order valence-electron chi connectivity index (χ0n) is 21.4. The van der Waals surface area contributed by atoms with E-state index in [2.05, 4.69) is 27.9 Å². The van der Waals surface area contributed by atoms with Gasteiger partial charge in [0.1, 0.15) is 12.3 Å². The van der Waals surface area contributed by atoms with Gasteiger partial charge in [-0.2, -0.15) is 0 Å². The van der Waals surface area contributed by atoms with Crippen LogP contribution in [0.5, 0.6) is 0 Å². The molecule has 12 heteroatoms. The quantitative estimate of drug-likeness (QED) is 0.130. The summed E-state index contributed by atoms with van der Waals surface area (Å²) in [5.41, 5.74) is -0.178. The van der Waals surface area contributed by atoms with Gasteiger partial charge in [0.25, 0.3) is 0 Å². The third-order valence-electron chi connectivity index (χ3n) is 3.93. The second-order valence-electron chi connectivity index (χ2n) is 6.83. The van der Waals surface area contributed by atoms with Crippen molar-refractivity contribution in [1.29, 1.82) is 0 Å². The summed E-state index contributed by atoms with van der Waals surface area (Å²) in [7, 11) is 0. The fraction of sp³-hybridized carbons (Fsp3) is 0.542. The van der Waals surface area contributed by atoms with Crippen molar-refractivity contribution in [3.05, 3.63) is 37.3 Å². The number of amides is 2. The topological polar surface area (TPSA) is 158 Å². The number of aliphatic hydroxyl groups is 1. The van der Waals surface area contributed by atoms with E-state index in [0.717, 1.165) is 30.1 Å². The molecule has 36 heavy (non-hydrogen) atoms. The monoisotopic (exact) mass is 514 g/mol. The Bertz CT molecular complexity index is 764. The van der Waals surface area contributed by atoms with Crippen LogP contribution in [0.4, 0.5) is 4.79 Å². The number of urea groups is 1. The van der Waals surface area contributed by atoms with Crippen LogP contribution >= 0.6 is 0 Å². The van der Waals surface area contributed by atoms with Gasteiger partial charge in [0.2, 0.25) is 0 Å². The highest BCUT2D eigenvalue weighted by Gasteiger charge is 2.29. The first-order valence-corrected chi connectivity index (χ1v) is 11.4. The number of hydrogen-bond donors (Lipinski definition) is 2. The Morgan fingerprint density at radius 2 is 1.78 bits per heavy atom. The average Bonchev–Trinajstić information content (AvgIpc) is 3.27. The molecule has 1 unspecified atom stereocenters. The number of hydrogen-bond acceptors (Lipinski definition) is 10. The maximum atomic E-state index is 11.8. The lowest BCUT2D eigenvalue weighted by Gasteiger charge is -2.16. The number of carbonyl (C=O) groups excluding carboxylic acids is 5. The summed E-state index contributed by atoms with van der Waals surface area (Å²) < 4.78 is 18.5. The Morgan fingerprint density at radius 1 is 1.11 bits per heavy atom. The first-order valence-electron chi connectivity index (χ1n) is 11.4. The van der Waals surface area contributed by atoms with Gasteiger partial charge in [-0.05, 0) is 19.8 Å². The van der Waals surface area contributed by atoms with E-state index in [-0.39, 0.29) is 37.4 Å². The summed E-state index contributed by atoms with van der Waals surface area (Å²) in [4.78, 5) is 56.3. The molecule has 0 bridgehead atoms. The molecule has 1 atom stereocenters. The summed E-state index contributed by atoms with van der Waals surface area (Å²) in [6, 6.07) is -0.476. The third-order valence-corrected chi connectivity index (χ3v) is 3.93. The molecule has 0 aromatic rings. The molecular formula is C24H38N2O10. The Morgan fingerprint density at radius 3 is 2.19 bits per heavy atom. The molecule has 1 rings (SSSR count). The minimum atomic E-state index is -0.815. The molecule has 1 saturated heterocycles. The van der Waals surface area contributed by atoms with E-state index >= 15 is 0 Å². The van der Waals surface area contributed by atoms with E-state index in [1.165, 1.54) is 13.0 Å². The molecular weight excluding hydrogens is 476 g/mol. The first kappa shape index (κ1) is 34.5. The predicted molar refractivity (Wildman–Crippen MR) is 130 cm³/mol. The van der Waals surface area contributed by atoms with Crippen molar-refractivity contribution in [2.75, 3.05) is 32.9 Å². The normalized spacial score (nSPS) is 12.9. The van der Waals surface area contributed by atoms with Crippen molar-refractivity contribution in [1.82, 2.24) is 10.2 Å². The second-order valence-corrected chi connectivity index (χ2v) is 6.83. The highest BCUT2D eigenvalue weighted by atomic mass is 16.5. The maximum Gasteiger partial charge on any atom is 0.355 e. The summed E-state index contributed by atoms with van der Waals surface area (Å²) in [5.74, 6) is -2.25. The zero-order chi connectivity index (χ0) is 27.9. The van der Waals surface area contributed by atoms with Crippen LogP contribution in [0.25, 0.3) is 0 Å². The number of ether oxygens (including phenoxy) is 4. The number of carbonyl (C=O) groups is 5. The second kappa shape index (κ2) is 21.8. The summed E-state index contributed by atoms with van der Waals surface area (Å²) >= 11 is 0. The van der Waals surface area contributed by atoms with Crippen LogP contribution in [0.2, 0.25) is 0 Å². The third kappa shape index (κ3) is 17.8. The zero-order valence-corrected chi connectivity index (χ0v) is 21.4. The Labute approximate surface area is 211 Å². The lowest BCUT2D eigenvalue weighted by Crippen LogP contribution is -2.33. The molecule has 1 heterocycles. The van der Waals surface area contributed by atoms with E-state index in [9.17, 15) is 29.1 Å². The van der Waals surface area contributed by atoms with E-state index in [1.807, 2.05) is 6.92 Å². The Kier molecular flexibility index (Phi) is 20.9. The van der Waals surface area contributed by atoms with Crippen LogP contribution < -0.4 is 5.32 Å². The van der Waals surface area contributed by atoms with E-state index < -0.39 is 24.1 Å². The minimum absolute atomic E-state index is 0.120. The smallest absolute Gasteiger partial charge is 0.355 e. The maximum absolute atomic E-state index is 11.8. The number of rotatable bonds is 12. The van der Waals surface area contributed by atoms with Crippen molar-refractivity contribution >= 4 is 29.9 Å². The van der Waals surface area contributed by atoms with E-state index in [1.54, 1.807) is 13.8 Å².